The molecule has 2 amide bonds. The topological polar surface area (TPSA) is 107 Å². The normalized spacial score (nSPS) is 25.1. The van der Waals surface area contributed by atoms with Gasteiger partial charge in [-0.2, -0.15) is 0 Å². The Bertz CT molecular complexity index is 851. The van der Waals surface area contributed by atoms with Crippen molar-refractivity contribution in [3.05, 3.63) is 35.9 Å². The van der Waals surface area contributed by atoms with Gasteiger partial charge >= 0.3 is 5.97 Å². The van der Waals surface area contributed by atoms with Gasteiger partial charge in [0.15, 0.2) is 11.8 Å². The van der Waals surface area contributed by atoms with E-state index in [-0.39, 0.29) is 18.9 Å². The maximum absolute atomic E-state index is 12.8. The maximum Gasteiger partial charge on any atom is 0.304 e. The van der Waals surface area contributed by atoms with Gasteiger partial charge in [-0.25, -0.2) is 0 Å². The van der Waals surface area contributed by atoms with Crippen LogP contribution in [0.2, 0.25) is 0 Å². The van der Waals surface area contributed by atoms with Crippen LogP contribution in [-0.4, -0.2) is 47.9 Å². The van der Waals surface area contributed by atoms with E-state index in [1.54, 1.807) is 44.3 Å². The van der Waals surface area contributed by atoms with Crippen LogP contribution in [-0.2, 0) is 24.7 Å². The summed E-state index contributed by atoms with van der Waals surface area (Å²) in [4.78, 5) is 38.9. The third kappa shape index (κ3) is 3.08. The standard InChI is InChI=1S/C20H24N2O6/c1-12(6-4-5-9-23)20(27)15-10-14(7-8-16(15)21(3)19(20)26)22-17(25)11-18(22)28-13(2)24/h4,6-8,10,12,18,23,27H,5,9,11H2,1-3H3/b6-4+/t12-,18?,20+/m0/s1. The van der Waals surface area contributed by atoms with E-state index in [0.29, 0.717) is 23.4 Å². The summed E-state index contributed by atoms with van der Waals surface area (Å²) >= 11 is 0. The molecular formula is C20H24N2O6. The van der Waals surface area contributed by atoms with Crippen LogP contribution in [0.3, 0.4) is 0 Å². The largest absolute Gasteiger partial charge is 0.441 e. The van der Waals surface area contributed by atoms with Crippen LogP contribution in [0.15, 0.2) is 30.4 Å². The molecule has 0 spiro atoms. The smallest absolute Gasteiger partial charge is 0.304 e. The second-order valence-electron chi connectivity index (χ2n) is 7.09. The molecule has 3 atom stereocenters. The highest BCUT2D eigenvalue weighted by molar-refractivity contribution is 6.08. The summed E-state index contributed by atoms with van der Waals surface area (Å²) in [5, 5.41) is 20.3. The SMILES string of the molecule is CC(=O)OC1CC(=O)N1c1ccc2c(c1)[C@](O)([C@@H](C)/C=C/CCO)C(=O)N2C. The van der Waals surface area contributed by atoms with Crippen molar-refractivity contribution in [3.63, 3.8) is 0 Å². The minimum absolute atomic E-state index is 0.0230. The lowest BCUT2D eigenvalue weighted by molar-refractivity contribution is -0.153. The molecule has 0 saturated carbocycles. The first-order valence-electron chi connectivity index (χ1n) is 9.13. The number of β-lactam (4-membered cyclic amide) rings is 1. The Morgan fingerprint density at radius 1 is 1.43 bits per heavy atom. The zero-order valence-electron chi connectivity index (χ0n) is 16.1. The number of carbonyl (C=O) groups is 3. The van der Waals surface area contributed by atoms with Crippen molar-refractivity contribution < 1.29 is 29.3 Å². The molecule has 2 aliphatic rings. The fourth-order valence-corrected chi connectivity index (χ4v) is 3.69. The molecule has 1 aromatic rings. The Morgan fingerprint density at radius 3 is 2.75 bits per heavy atom. The average Bonchev–Trinajstić information content (AvgIpc) is 2.83. The van der Waals surface area contributed by atoms with Crippen molar-refractivity contribution in [3.8, 4) is 0 Å². The average molecular weight is 388 g/mol. The monoisotopic (exact) mass is 388 g/mol. The van der Waals surface area contributed by atoms with Gasteiger partial charge in [0, 0.05) is 37.7 Å². The molecule has 28 heavy (non-hydrogen) atoms. The Balaban J connectivity index is 1.99. The number of ether oxygens (including phenoxy) is 1. The third-order valence-electron chi connectivity index (χ3n) is 5.25. The lowest BCUT2D eigenvalue weighted by atomic mass is 9.82. The quantitative estimate of drug-likeness (QED) is 0.429. The van der Waals surface area contributed by atoms with Crippen LogP contribution in [0.1, 0.15) is 32.3 Å². The first-order valence-corrected chi connectivity index (χ1v) is 9.13. The van der Waals surface area contributed by atoms with Gasteiger partial charge in [0.2, 0.25) is 5.91 Å². The molecule has 2 heterocycles. The number of hydrogen-bond acceptors (Lipinski definition) is 6. The van der Waals surface area contributed by atoms with Gasteiger partial charge in [0.25, 0.3) is 5.91 Å². The molecule has 2 aliphatic heterocycles. The minimum atomic E-state index is -1.79. The van der Waals surface area contributed by atoms with Crippen LogP contribution in [0, 0.1) is 5.92 Å². The lowest BCUT2D eigenvalue weighted by Crippen LogP contribution is -2.55. The maximum atomic E-state index is 12.8. The Kier molecular flexibility index (Phi) is 5.27. The van der Waals surface area contributed by atoms with E-state index < -0.39 is 29.6 Å². The Hall–Kier alpha value is -2.71. The van der Waals surface area contributed by atoms with Crippen molar-refractivity contribution in [1.29, 1.82) is 0 Å². The predicted molar refractivity (Wildman–Crippen MR) is 101 cm³/mol. The number of benzene rings is 1. The molecule has 0 bridgehead atoms. The number of fused-ring (bicyclic) bond motifs is 1. The molecule has 0 radical (unpaired) electrons. The summed E-state index contributed by atoms with van der Waals surface area (Å²) in [7, 11) is 1.58. The third-order valence-corrected chi connectivity index (χ3v) is 5.25. The zero-order valence-corrected chi connectivity index (χ0v) is 16.1. The van der Waals surface area contributed by atoms with Crippen LogP contribution in [0.4, 0.5) is 11.4 Å². The van der Waals surface area contributed by atoms with E-state index in [9.17, 15) is 19.5 Å². The van der Waals surface area contributed by atoms with Gasteiger partial charge in [-0.1, -0.05) is 19.1 Å². The predicted octanol–water partition coefficient (Wildman–Crippen LogP) is 1.05. The van der Waals surface area contributed by atoms with E-state index in [4.69, 9.17) is 9.84 Å². The van der Waals surface area contributed by atoms with Gasteiger partial charge in [0.1, 0.15) is 0 Å². The fraction of sp³-hybridized carbons (Fsp3) is 0.450. The number of esters is 1. The second-order valence-corrected chi connectivity index (χ2v) is 7.09. The molecule has 150 valence electrons. The van der Waals surface area contributed by atoms with E-state index >= 15 is 0 Å². The Morgan fingerprint density at radius 2 is 2.14 bits per heavy atom. The molecular weight excluding hydrogens is 364 g/mol. The van der Waals surface area contributed by atoms with Gasteiger partial charge in [0.05, 0.1) is 12.1 Å². The molecule has 2 N–H and O–H groups in total. The highest BCUT2D eigenvalue weighted by Gasteiger charge is 2.52. The number of aliphatic hydroxyl groups excluding tert-OH is 1. The highest BCUT2D eigenvalue weighted by Crippen LogP contribution is 2.46. The van der Waals surface area contributed by atoms with Crippen molar-refractivity contribution in [2.45, 2.75) is 38.5 Å². The van der Waals surface area contributed by atoms with Crippen LogP contribution in [0.5, 0.6) is 0 Å². The molecule has 3 rings (SSSR count). The molecule has 8 heteroatoms. The molecule has 0 aromatic heterocycles. The molecule has 1 saturated heterocycles. The number of rotatable bonds is 6. The molecule has 1 fully saturated rings. The highest BCUT2D eigenvalue weighted by atomic mass is 16.6. The first-order chi connectivity index (χ1) is 13.2. The van der Waals surface area contributed by atoms with Crippen molar-refractivity contribution in [1.82, 2.24) is 0 Å². The van der Waals surface area contributed by atoms with E-state index in [0.717, 1.165) is 0 Å². The van der Waals surface area contributed by atoms with Gasteiger partial charge in [-0.3, -0.25) is 19.3 Å². The zero-order chi connectivity index (χ0) is 20.6. The summed E-state index contributed by atoms with van der Waals surface area (Å²) in [5.74, 6) is -1.71. The van der Waals surface area contributed by atoms with E-state index in [1.807, 2.05) is 0 Å². The summed E-state index contributed by atoms with van der Waals surface area (Å²) in [6.45, 7) is 2.97. The summed E-state index contributed by atoms with van der Waals surface area (Å²) in [6, 6.07) is 4.93. The number of amides is 2. The number of carbonyl (C=O) groups excluding carboxylic acids is 3. The Labute approximate surface area is 163 Å². The van der Waals surface area contributed by atoms with Crippen LogP contribution >= 0.6 is 0 Å². The second kappa shape index (κ2) is 7.37. The van der Waals surface area contributed by atoms with Gasteiger partial charge in [-0.15, -0.1) is 0 Å². The number of nitrogens with zero attached hydrogens (tertiary/aromatic N) is 2. The molecule has 0 aliphatic carbocycles. The minimum Gasteiger partial charge on any atom is -0.441 e. The van der Waals surface area contributed by atoms with E-state index in [2.05, 4.69) is 0 Å². The number of likely N-dealkylation sites (N-methyl/N-ethyl adjacent to an activating group) is 1. The van der Waals surface area contributed by atoms with Crippen molar-refractivity contribution in [2.24, 2.45) is 5.92 Å². The summed E-state index contributed by atoms with van der Waals surface area (Å²) < 4.78 is 5.14. The van der Waals surface area contributed by atoms with Crippen LogP contribution < -0.4 is 9.80 Å². The fourth-order valence-electron chi connectivity index (χ4n) is 3.69. The number of anilines is 2. The number of hydrogen-bond donors (Lipinski definition) is 2. The molecule has 1 aromatic carbocycles. The first kappa shape index (κ1) is 20.0. The van der Waals surface area contributed by atoms with Gasteiger partial charge in [-0.05, 0) is 24.6 Å². The van der Waals surface area contributed by atoms with Gasteiger partial charge < -0.3 is 19.8 Å². The summed E-state index contributed by atoms with van der Waals surface area (Å²) in [5.41, 5.74) is -0.401. The lowest BCUT2D eigenvalue weighted by Gasteiger charge is -2.39. The molecule has 1 unspecified atom stereocenters. The van der Waals surface area contributed by atoms with Crippen LogP contribution in [0.25, 0.3) is 0 Å². The van der Waals surface area contributed by atoms with Crippen molar-refractivity contribution >= 4 is 29.2 Å². The molecule has 8 nitrogen and oxygen atoms in total. The summed E-state index contributed by atoms with van der Waals surface area (Å²) in [6.07, 6.45) is 3.24. The van der Waals surface area contributed by atoms with Crippen molar-refractivity contribution in [2.75, 3.05) is 23.5 Å². The number of aliphatic hydroxyl groups is 2. The van der Waals surface area contributed by atoms with E-state index in [1.165, 1.54) is 16.7 Å².